The molecule has 6 nitrogen and oxygen atoms in total. The minimum atomic E-state index is -0.479. The molecular formula is C25H26N4O2. The van der Waals surface area contributed by atoms with Gasteiger partial charge in [0.05, 0.1) is 18.4 Å². The first-order valence-electron chi connectivity index (χ1n) is 10.2. The van der Waals surface area contributed by atoms with Crippen molar-refractivity contribution in [1.29, 1.82) is 0 Å². The van der Waals surface area contributed by atoms with E-state index in [0.717, 1.165) is 39.5 Å². The third-order valence-corrected chi connectivity index (χ3v) is 5.64. The predicted octanol–water partition coefficient (Wildman–Crippen LogP) is 5.18. The van der Waals surface area contributed by atoms with Gasteiger partial charge in [-0.2, -0.15) is 9.61 Å². The molecule has 0 aliphatic rings. The molecule has 6 heteroatoms. The molecule has 4 rings (SSSR count). The van der Waals surface area contributed by atoms with Gasteiger partial charge in [-0.05, 0) is 56.5 Å². The van der Waals surface area contributed by atoms with E-state index in [0.29, 0.717) is 5.65 Å². The van der Waals surface area contributed by atoms with E-state index in [1.165, 1.54) is 12.7 Å². The highest BCUT2D eigenvalue weighted by molar-refractivity contribution is 5.92. The smallest absolute Gasteiger partial charge is 0.356 e. The molecule has 0 amide bonds. The quantitative estimate of drug-likeness (QED) is 0.431. The van der Waals surface area contributed by atoms with Crippen LogP contribution in [0.3, 0.4) is 0 Å². The van der Waals surface area contributed by atoms with Crippen molar-refractivity contribution in [3.63, 3.8) is 0 Å². The van der Waals surface area contributed by atoms with E-state index in [9.17, 15) is 4.79 Å². The van der Waals surface area contributed by atoms with Gasteiger partial charge in [0.1, 0.15) is 5.82 Å². The van der Waals surface area contributed by atoms with E-state index in [-0.39, 0.29) is 5.69 Å². The highest BCUT2D eigenvalue weighted by Crippen LogP contribution is 2.35. The van der Waals surface area contributed by atoms with Gasteiger partial charge < -0.3 is 9.64 Å². The fourth-order valence-corrected chi connectivity index (χ4v) is 3.96. The summed E-state index contributed by atoms with van der Waals surface area (Å²) in [6.45, 7) is 8.18. The molecule has 2 aromatic carbocycles. The van der Waals surface area contributed by atoms with Gasteiger partial charge in [-0.1, -0.05) is 35.9 Å². The Labute approximate surface area is 182 Å². The highest BCUT2D eigenvalue weighted by atomic mass is 16.5. The molecule has 0 radical (unpaired) electrons. The SMILES string of the molecule is COC(=O)c1cc(N(C)c2ccc(C)cc2)n2nc(C)c(-c3c(C)cccc3C)c2n1. The Morgan fingerprint density at radius 3 is 2.23 bits per heavy atom. The van der Waals surface area contributed by atoms with Crippen LogP contribution in [0.1, 0.15) is 32.9 Å². The number of anilines is 2. The van der Waals surface area contributed by atoms with Gasteiger partial charge in [-0.3, -0.25) is 0 Å². The summed E-state index contributed by atoms with van der Waals surface area (Å²) in [5.41, 5.74) is 8.19. The summed E-state index contributed by atoms with van der Waals surface area (Å²) < 4.78 is 6.80. The molecule has 4 aromatic rings. The standard InChI is InChI=1S/C25H26N4O2/c1-15-10-12-19(13-11-15)28(5)21-14-20(25(30)31-6)26-24-23(18(4)27-29(21)24)22-16(2)8-7-9-17(22)3/h7-14H,1-6H3. The zero-order chi connectivity index (χ0) is 22.3. The van der Waals surface area contributed by atoms with Crippen molar-refractivity contribution in [1.82, 2.24) is 14.6 Å². The lowest BCUT2D eigenvalue weighted by Gasteiger charge is -2.21. The Morgan fingerprint density at radius 1 is 0.968 bits per heavy atom. The van der Waals surface area contributed by atoms with Crippen LogP contribution in [0.2, 0.25) is 0 Å². The van der Waals surface area contributed by atoms with Gasteiger partial charge in [0, 0.05) is 18.8 Å². The van der Waals surface area contributed by atoms with Gasteiger partial charge in [0.25, 0.3) is 0 Å². The van der Waals surface area contributed by atoms with Crippen molar-refractivity contribution in [2.24, 2.45) is 0 Å². The molecule has 0 atom stereocenters. The Bertz CT molecular complexity index is 1270. The molecule has 31 heavy (non-hydrogen) atoms. The van der Waals surface area contributed by atoms with Crippen molar-refractivity contribution < 1.29 is 9.53 Å². The van der Waals surface area contributed by atoms with E-state index < -0.39 is 5.97 Å². The summed E-state index contributed by atoms with van der Waals surface area (Å²) in [5.74, 6) is 0.252. The number of methoxy groups -OCH3 is 1. The number of hydrogen-bond donors (Lipinski definition) is 0. The maximum absolute atomic E-state index is 12.5. The molecule has 0 saturated carbocycles. The van der Waals surface area contributed by atoms with Gasteiger partial charge >= 0.3 is 5.97 Å². The Kier molecular flexibility index (Phi) is 5.23. The van der Waals surface area contributed by atoms with Crippen LogP contribution in [-0.2, 0) is 4.74 Å². The summed E-state index contributed by atoms with van der Waals surface area (Å²) in [5, 5.41) is 4.82. The lowest BCUT2D eigenvalue weighted by atomic mass is 9.96. The minimum Gasteiger partial charge on any atom is -0.464 e. The van der Waals surface area contributed by atoms with Crippen LogP contribution in [0.4, 0.5) is 11.5 Å². The number of carbonyl (C=O) groups excluding carboxylic acids is 1. The molecule has 2 heterocycles. The molecule has 0 unspecified atom stereocenters. The van der Waals surface area contributed by atoms with Gasteiger partial charge in [0.2, 0.25) is 0 Å². The molecule has 0 bridgehead atoms. The monoisotopic (exact) mass is 414 g/mol. The van der Waals surface area contributed by atoms with Crippen molar-refractivity contribution >= 4 is 23.1 Å². The second-order valence-corrected chi connectivity index (χ2v) is 7.85. The maximum atomic E-state index is 12.5. The largest absolute Gasteiger partial charge is 0.464 e. The third kappa shape index (κ3) is 3.54. The number of ether oxygens (including phenoxy) is 1. The number of fused-ring (bicyclic) bond motifs is 1. The lowest BCUT2D eigenvalue weighted by molar-refractivity contribution is 0.0594. The Balaban J connectivity index is 2.03. The number of nitrogens with zero attached hydrogens (tertiary/aromatic N) is 4. The molecule has 158 valence electrons. The molecule has 0 N–H and O–H groups in total. The Morgan fingerprint density at radius 2 is 1.61 bits per heavy atom. The molecule has 0 aliphatic heterocycles. The summed E-state index contributed by atoms with van der Waals surface area (Å²) in [6.07, 6.45) is 0. The predicted molar refractivity (Wildman–Crippen MR) is 123 cm³/mol. The van der Waals surface area contributed by atoms with E-state index >= 15 is 0 Å². The van der Waals surface area contributed by atoms with Gasteiger partial charge in [-0.15, -0.1) is 0 Å². The van der Waals surface area contributed by atoms with Crippen LogP contribution in [-0.4, -0.2) is 34.7 Å². The second kappa shape index (κ2) is 7.87. The van der Waals surface area contributed by atoms with Gasteiger partial charge in [0.15, 0.2) is 11.3 Å². The topological polar surface area (TPSA) is 59.7 Å². The van der Waals surface area contributed by atoms with Crippen molar-refractivity contribution in [2.75, 3.05) is 19.1 Å². The fraction of sp³-hybridized carbons (Fsp3) is 0.240. The van der Waals surface area contributed by atoms with E-state index in [2.05, 4.69) is 50.0 Å². The number of rotatable bonds is 4. The summed E-state index contributed by atoms with van der Waals surface area (Å²) >= 11 is 0. The third-order valence-electron chi connectivity index (χ3n) is 5.64. The minimum absolute atomic E-state index is 0.247. The van der Waals surface area contributed by atoms with Crippen LogP contribution in [0.25, 0.3) is 16.8 Å². The normalized spacial score (nSPS) is 11.0. The zero-order valence-electron chi connectivity index (χ0n) is 18.7. The summed E-state index contributed by atoms with van der Waals surface area (Å²) in [6, 6.07) is 16.1. The molecule has 0 spiro atoms. The fourth-order valence-electron chi connectivity index (χ4n) is 3.96. The zero-order valence-corrected chi connectivity index (χ0v) is 18.7. The van der Waals surface area contributed by atoms with E-state index in [1.807, 2.05) is 41.6 Å². The lowest BCUT2D eigenvalue weighted by Crippen LogP contribution is -2.17. The first kappa shape index (κ1) is 20.6. The number of carbonyl (C=O) groups is 1. The van der Waals surface area contributed by atoms with Crippen LogP contribution in [0.5, 0.6) is 0 Å². The average Bonchev–Trinajstić information content (AvgIpc) is 3.08. The average molecular weight is 415 g/mol. The summed E-state index contributed by atoms with van der Waals surface area (Å²) in [4.78, 5) is 19.1. The molecule has 2 aromatic heterocycles. The van der Waals surface area contributed by atoms with E-state index in [1.54, 1.807) is 6.07 Å². The molecular weight excluding hydrogens is 388 g/mol. The first-order chi connectivity index (χ1) is 14.8. The number of hydrogen-bond acceptors (Lipinski definition) is 5. The van der Waals surface area contributed by atoms with Crippen molar-refractivity contribution in [3.05, 3.63) is 76.6 Å². The van der Waals surface area contributed by atoms with E-state index in [4.69, 9.17) is 9.84 Å². The number of aromatic nitrogens is 3. The number of aryl methyl sites for hydroxylation is 4. The van der Waals surface area contributed by atoms with Crippen LogP contribution in [0, 0.1) is 27.7 Å². The van der Waals surface area contributed by atoms with Crippen molar-refractivity contribution in [2.45, 2.75) is 27.7 Å². The first-order valence-corrected chi connectivity index (χ1v) is 10.2. The Hall–Kier alpha value is -3.67. The number of benzene rings is 2. The molecule has 0 saturated heterocycles. The van der Waals surface area contributed by atoms with Crippen LogP contribution >= 0.6 is 0 Å². The van der Waals surface area contributed by atoms with Crippen molar-refractivity contribution in [3.8, 4) is 11.1 Å². The maximum Gasteiger partial charge on any atom is 0.356 e. The van der Waals surface area contributed by atoms with Gasteiger partial charge in [-0.25, -0.2) is 9.78 Å². The molecule has 0 fully saturated rings. The highest BCUT2D eigenvalue weighted by Gasteiger charge is 2.23. The molecule has 0 aliphatic carbocycles. The second-order valence-electron chi connectivity index (χ2n) is 7.85. The van der Waals surface area contributed by atoms with Crippen LogP contribution in [0.15, 0.2) is 48.5 Å². The summed E-state index contributed by atoms with van der Waals surface area (Å²) in [7, 11) is 3.32. The number of esters is 1. The van der Waals surface area contributed by atoms with Crippen LogP contribution < -0.4 is 4.90 Å².